The number of aliphatic hydroxyl groups is 1. The van der Waals surface area contributed by atoms with Crippen LogP contribution in [0.2, 0.25) is 0 Å². The first-order chi connectivity index (χ1) is 9.02. The molecule has 0 saturated carbocycles. The molecule has 1 aliphatic heterocycles. The van der Waals surface area contributed by atoms with E-state index >= 15 is 0 Å². The Morgan fingerprint density at radius 1 is 1.53 bits per heavy atom. The first-order valence-corrected chi connectivity index (χ1v) is 6.95. The third-order valence-corrected chi connectivity index (χ3v) is 4.40. The van der Waals surface area contributed by atoms with Crippen molar-refractivity contribution in [2.75, 3.05) is 24.6 Å². The van der Waals surface area contributed by atoms with Crippen molar-refractivity contribution in [2.45, 2.75) is 19.8 Å². The van der Waals surface area contributed by atoms with Crippen molar-refractivity contribution in [1.82, 2.24) is 4.98 Å². The lowest BCUT2D eigenvalue weighted by molar-refractivity contribution is 0.0687. The van der Waals surface area contributed by atoms with Crippen LogP contribution in [0, 0.1) is 5.92 Å². The van der Waals surface area contributed by atoms with Crippen molar-refractivity contribution < 1.29 is 19.8 Å². The Labute approximate surface area is 114 Å². The summed E-state index contributed by atoms with van der Waals surface area (Å²) in [5.74, 6) is -1.27. The molecule has 0 aliphatic carbocycles. The standard InChI is InChI=1S/C12H16N2O4S/c1-7(16)10-9(11(17)18)13-12(19-10)14-4-2-3-8(5-14)6-15/h8,15H,2-6H2,1H3,(H,17,18). The maximum Gasteiger partial charge on any atom is 0.356 e. The molecule has 19 heavy (non-hydrogen) atoms. The maximum absolute atomic E-state index is 11.4. The molecule has 0 bridgehead atoms. The number of carbonyl (C=O) groups excluding carboxylic acids is 1. The van der Waals surface area contributed by atoms with Gasteiger partial charge in [0, 0.05) is 26.6 Å². The Kier molecular flexibility index (Phi) is 4.16. The molecule has 104 valence electrons. The van der Waals surface area contributed by atoms with Crippen LogP contribution < -0.4 is 4.90 Å². The quantitative estimate of drug-likeness (QED) is 0.809. The van der Waals surface area contributed by atoms with Gasteiger partial charge in [-0.15, -0.1) is 0 Å². The Bertz CT molecular complexity index is 468. The summed E-state index contributed by atoms with van der Waals surface area (Å²) in [5.41, 5.74) is -0.168. The first-order valence-electron chi connectivity index (χ1n) is 6.13. The number of piperidine rings is 1. The largest absolute Gasteiger partial charge is 0.476 e. The van der Waals surface area contributed by atoms with Crippen LogP contribution in [0.5, 0.6) is 0 Å². The number of hydrogen-bond acceptors (Lipinski definition) is 6. The summed E-state index contributed by atoms with van der Waals surface area (Å²) < 4.78 is 0. The summed E-state index contributed by atoms with van der Waals surface area (Å²) in [4.78, 5) is 28.7. The number of nitrogens with zero attached hydrogens (tertiary/aromatic N) is 2. The number of aliphatic hydroxyl groups excluding tert-OH is 1. The van der Waals surface area contributed by atoms with E-state index in [4.69, 9.17) is 5.11 Å². The molecular weight excluding hydrogens is 268 g/mol. The molecular formula is C12H16N2O4S. The monoisotopic (exact) mass is 284 g/mol. The van der Waals surface area contributed by atoms with E-state index in [0.29, 0.717) is 11.7 Å². The molecule has 1 fully saturated rings. The summed E-state index contributed by atoms with van der Waals surface area (Å²) in [5, 5.41) is 18.8. The number of rotatable bonds is 4. The van der Waals surface area contributed by atoms with E-state index in [1.54, 1.807) is 0 Å². The smallest absolute Gasteiger partial charge is 0.356 e. The van der Waals surface area contributed by atoms with Gasteiger partial charge in [-0.3, -0.25) is 4.79 Å². The van der Waals surface area contributed by atoms with Crippen LogP contribution in [0.3, 0.4) is 0 Å². The van der Waals surface area contributed by atoms with Gasteiger partial charge in [-0.2, -0.15) is 0 Å². The third-order valence-electron chi connectivity index (χ3n) is 3.19. The minimum absolute atomic E-state index is 0.118. The van der Waals surface area contributed by atoms with E-state index in [2.05, 4.69) is 4.98 Å². The molecule has 1 aliphatic rings. The number of carboxylic acid groups (broad SMARTS) is 1. The highest BCUT2D eigenvalue weighted by molar-refractivity contribution is 7.17. The van der Waals surface area contributed by atoms with E-state index < -0.39 is 5.97 Å². The molecule has 1 atom stereocenters. The van der Waals surface area contributed by atoms with Gasteiger partial charge in [0.15, 0.2) is 16.6 Å². The highest BCUT2D eigenvalue weighted by atomic mass is 32.1. The number of anilines is 1. The predicted molar refractivity (Wildman–Crippen MR) is 71.1 cm³/mol. The van der Waals surface area contributed by atoms with Gasteiger partial charge in [-0.05, 0) is 18.8 Å². The number of thiazole rings is 1. The van der Waals surface area contributed by atoms with Crippen molar-refractivity contribution in [3.8, 4) is 0 Å². The molecule has 7 heteroatoms. The Hall–Kier alpha value is -1.47. The van der Waals surface area contributed by atoms with Gasteiger partial charge >= 0.3 is 5.97 Å². The molecule has 1 aromatic rings. The van der Waals surface area contributed by atoms with Crippen molar-refractivity contribution in [3.05, 3.63) is 10.6 Å². The fourth-order valence-electron chi connectivity index (χ4n) is 2.22. The zero-order chi connectivity index (χ0) is 14.0. The van der Waals surface area contributed by atoms with E-state index in [1.165, 1.54) is 6.92 Å². The Morgan fingerprint density at radius 2 is 2.26 bits per heavy atom. The molecule has 0 amide bonds. The Morgan fingerprint density at radius 3 is 2.79 bits per heavy atom. The number of aromatic nitrogens is 1. The molecule has 1 unspecified atom stereocenters. The van der Waals surface area contributed by atoms with E-state index in [0.717, 1.165) is 30.7 Å². The molecule has 2 rings (SSSR count). The van der Waals surface area contributed by atoms with Crippen molar-refractivity contribution in [1.29, 1.82) is 0 Å². The summed E-state index contributed by atoms with van der Waals surface area (Å²) in [7, 11) is 0. The number of aromatic carboxylic acids is 1. The second kappa shape index (κ2) is 5.66. The highest BCUT2D eigenvalue weighted by Gasteiger charge is 2.26. The molecule has 0 radical (unpaired) electrons. The molecule has 2 N–H and O–H groups in total. The van der Waals surface area contributed by atoms with Crippen LogP contribution in [-0.2, 0) is 0 Å². The number of Topliss-reactive ketones (excluding diaryl/α,β-unsaturated/α-hetero) is 1. The van der Waals surface area contributed by atoms with Crippen LogP contribution in [-0.4, -0.2) is 46.6 Å². The summed E-state index contributed by atoms with van der Waals surface area (Å²) in [6.45, 7) is 2.89. The number of ketones is 1. The fraction of sp³-hybridized carbons (Fsp3) is 0.583. The summed E-state index contributed by atoms with van der Waals surface area (Å²) in [6, 6.07) is 0. The fourth-order valence-corrected chi connectivity index (χ4v) is 3.20. The normalized spacial score (nSPS) is 19.5. The number of carboxylic acids is 1. The summed E-state index contributed by atoms with van der Waals surface area (Å²) in [6.07, 6.45) is 1.90. The minimum atomic E-state index is -1.18. The summed E-state index contributed by atoms with van der Waals surface area (Å²) >= 11 is 1.12. The average molecular weight is 284 g/mol. The van der Waals surface area contributed by atoms with Gasteiger partial charge < -0.3 is 15.1 Å². The van der Waals surface area contributed by atoms with Crippen molar-refractivity contribution >= 4 is 28.2 Å². The van der Waals surface area contributed by atoms with Gasteiger partial charge in [0.05, 0.1) is 0 Å². The number of hydrogen-bond donors (Lipinski definition) is 2. The lowest BCUT2D eigenvalue weighted by Gasteiger charge is -2.31. The van der Waals surface area contributed by atoms with Gasteiger partial charge in [0.25, 0.3) is 0 Å². The SMILES string of the molecule is CC(=O)c1sc(N2CCCC(CO)C2)nc1C(=O)O. The zero-order valence-electron chi connectivity index (χ0n) is 10.6. The third kappa shape index (κ3) is 2.93. The van der Waals surface area contributed by atoms with Crippen LogP contribution in [0.1, 0.15) is 39.9 Å². The van der Waals surface area contributed by atoms with Gasteiger partial charge in [-0.25, -0.2) is 9.78 Å². The van der Waals surface area contributed by atoms with Crippen LogP contribution >= 0.6 is 11.3 Å². The molecule has 0 spiro atoms. The minimum Gasteiger partial charge on any atom is -0.476 e. The van der Waals surface area contributed by atoms with Crippen LogP contribution in [0.25, 0.3) is 0 Å². The average Bonchev–Trinajstić information content (AvgIpc) is 2.84. The lowest BCUT2D eigenvalue weighted by Crippen LogP contribution is -2.36. The van der Waals surface area contributed by atoms with E-state index in [-0.39, 0.29) is 28.9 Å². The maximum atomic E-state index is 11.4. The van der Waals surface area contributed by atoms with Gasteiger partial charge in [-0.1, -0.05) is 11.3 Å². The molecule has 0 aromatic carbocycles. The van der Waals surface area contributed by atoms with Crippen LogP contribution in [0.15, 0.2) is 0 Å². The van der Waals surface area contributed by atoms with Gasteiger partial charge in [0.2, 0.25) is 0 Å². The molecule has 1 aromatic heterocycles. The molecule has 1 saturated heterocycles. The van der Waals surface area contributed by atoms with E-state index in [1.807, 2.05) is 4.90 Å². The lowest BCUT2D eigenvalue weighted by atomic mass is 10.00. The van der Waals surface area contributed by atoms with Gasteiger partial charge in [0.1, 0.15) is 4.88 Å². The first kappa shape index (κ1) is 14.0. The molecule has 2 heterocycles. The van der Waals surface area contributed by atoms with Crippen molar-refractivity contribution in [2.24, 2.45) is 5.92 Å². The predicted octanol–water partition coefficient (Wildman–Crippen LogP) is 1.25. The topological polar surface area (TPSA) is 90.7 Å². The van der Waals surface area contributed by atoms with Crippen LogP contribution in [0.4, 0.5) is 5.13 Å². The second-order valence-electron chi connectivity index (χ2n) is 4.67. The zero-order valence-corrected chi connectivity index (χ0v) is 11.4. The van der Waals surface area contributed by atoms with E-state index in [9.17, 15) is 14.7 Å². The second-order valence-corrected chi connectivity index (χ2v) is 5.65. The Balaban J connectivity index is 2.27. The number of carbonyl (C=O) groups is 2. The van der Waals surface area contributed by atoms with Crippen molar-refractivity contribution in [3.63, 3.8) is 0 Å². The molecule has 6 nitrogen and oxygen atoms in total. The highest BCUT2D eigenvalue weighted by Crippen LogP contribution is 2.30.